The number of benzene rings is 1. The minimum atomic E-state index is -1.07. The van der Waals surface area contributed by atoms with Gasteiger partial charge in [0, 0.05) is 25.8 Å². The van der Waals surface area contributed by atoms with Gasteiger partial charge in [-0.1, -0.05) is 26.0 Å². The van der Waals surface area contributed by atoms with E-state index in [1.165, 1.54) is 0 Å². The number of hydrogen-bond donors (Lipinski definition) is 1. The number of aromatic nitrogens is 1. The second kappa shape index (κ2) is 6.54. The van der Waals surface area contributed by atoms with Crippen LogP contribution in [0.4, 0.5) is 0 Å². The molecular formula is C21H27NO4. The van der Waals surface area contributed by atoms with Crippen LogP contribution < -0.4 is 14.4 Å². The average molecular weight is 357 g/mol. The maximum atomic E-state index is 11.7. The summed E-state index contributed by atoms with van der Waals surface area (Å²) in [4.78, 5) is 11.7. The van der Waals surface area contributed by atoms with Crippen LogP contribution >= 0.6 is 0 Å². The predicted octanol–water partition coefficient (Wildman–Crippen LogP) is 1.85. The topological polar surface area (TPSA) is 73.5 Å². The molecule has 0 spiro atoms. The number of pyridine rings is 1. The molecule has 2 heterocycles. The van der Waals surface area contributed by atoms with E-state index in [2.05, 4.69) is 0 Å². The van der Waals surface area contributed by atoms with Gasteiger partial charge in [-0.25, -0.2) is 0 Å². The molecule has 0 bridgehead atoms. The first-order chi connectivity index (χ1) is 12.1. The van der Waals surface area contributed by atoms with E-state index in [0.717, 1.165) is 27.8 Å². The molecule has 1 aromatic carbocycles. The highest BCUT2D eigenvalue weighted by atomic mass is 16.5. The van der Waals surface area contributed by atoms with Crippen molar-refractivity contribution in [2.45, 2.75) is 65.2 Å². The highest BCUT2D eigenvalue weighted by molar-refractivity contribution is 5.89. The number of aliphatic hydroxyl groups is 1. The number of carboxylic acids is 1. The second-order valence-electron chi connectivity index (χ2n) is 8.31. The van der Waals surface area contributed by atoms with E-state index in [0.29, 0.717) is 12.8 Å². The van der Waals surface area contributed by atoms with Crippen LogP contribution in [0.25, 0.3) is 10.8 Å². The van der Waals surface area contributed by atoms with Crippen LogP contribution in [0.15, 0.2) is 24.4 Å². The van der Waals surface area contributed by atoms with Crippen LogP contribution in [0.1, 0.15) is 51.4 Å². The number of aryl methyl sites for hydroxylation is 1. The van der Waals surface area contributed by atoms with E-state index in [-0.39, 0.29) is 12.0 Å². The Balaban J connectivity index is 2.12. The van der Waals surface area contributed by atoms with Crippen molar-refractivity contribution in [3.8, 4) is 5.75 Å². The van der Waals surface area contributed by atoms with Crippen molar-refractivity contribution in [1.82, 2.24) is 0 Å². The first-order valence-electron chi connectivity index (χ1n) is 9.15. The molecule has 1 aliphatic rings. The summed E-state index contributed by atoms with van der Waals surface area (Å²) in [6.45, 7) is 9.39. The molecule has 1 N–H and O–H groups in total. The summed E-state index contributed by atoms with van der Waals surface area (Å²) in [6.07, 6.45) is 2.68. The molecule has 5 nitrogen and oxygen atoms in total. The van der Waals surface area contributed by atoms with Gasteiger partial charge in [-0.3, -0.25) is 0 Å². The van der Waals surface area contributed by atoms with E-state index >= 15 is 0 Å². The Morgan fingerprint density at radius 1 is 1.42 bits per heavy atom. The fraction of sp³-hybridized carbons (Fsp3) is 0.524. The lowest BCUT2D eigenvalue weighted by Crippen LogP contribution is -2.51. The summed E-state index contributed by atoms with van der Waals surface area (Å²) in [5.74, 6) is -0.100. The highest BCUT2D eigenvalue weighted by Gasteiger charge is 2.36. The minimum absolute atomic E-state index is 0.234. The number of aliphatic carboxylic acids is 1. The molecule has 2 atom stereocenters. The number of fused-ring (bicyclic) bond motifs is 3. The number of nitrogens with zero attached hydrogens (tertiary/aromatic N) is 1. The van der Waals surface area contributed by atoms with Crippen molar-refractivity contribution in [2.24, 2.45) is 5.92 Å². The average Bonchev–Trinajstić information content (AvgIpc) is 2.96. The van der Waals surface area contributed by atoms with Gasteiger partial charge in [-0.2, -0.15) is 4.57 Å². The first kappa shape index (κ1) is 18.6. The summed E-state index contributed by atoms with van der Waals surface area (Å²) in [5, 5.41) is 23.9. The molecule has 2 aromatic rings. The SMILES string of the molecule is Cc1cc2ccc3c(c2c[n+]1C(CC(C)C)C(=O)[O-])OC(C(C)(C)O)C3. The monoisotopic (exact) mass is 357 g/mol. The van der Waals surface area contributed by atoms with Crippen LogP contribution in [-0.2, 0) is 11.2 Å². The number of ether oxygens (including phenoxy) is 1. The van der Waals surface area contributed by atoms with Crippen molar-refractivity contribution >= 4 is 16.7 Å². The van der Waals surface area contributed by atoms with Crippen molar-refractivity contribution in [3.63, 3.8) is 0 Å². The van der Waals surface area contributed by atoms with Gasteiger partial charge in [0.25, 0.3) is 0 Å². The van der Waals surface area contributed by atoms with Crippen molar-refractivity contribution < 1.29 is 24.3 Å². The van der Waals surface area contributed by atoms with E-state index < -0.39 is 17.6 Å². The molecule has 26 heavy (non-hydrogen) atoms. The molecule has 0 amide bonds. The van der Waals surface area contributed by atoms with Crippen molar-refractivity contribution in [2.75, 3.05) is 0 Å². The maximum absolute atomic E-state index is 11.7. The molecule has 0 saturated heterocycles. The van der Waals surface area contributed by atoms with Gasteiger partial charge < -0.3 is 19.7 Å². The maximum Gasteiger partial charge on any atom is 0.198 e. The molecule has 0 radical (unpaired) electrons. The second-order valence-corrected chi connectivity index (χ2v) is 8.31. The molecular weight excluding hydrogens is 330 g/mol. The van der Waals surface area contributed by atoms with Crippen LogP contribution in [0.2, 0.25) is 0 Å². The fourth-order valence-electron chi connectivity index (χ4n) is 3.64. The Morgan fingerprint density at radius 2 is 2.12 bits per heavy atom. The zero-order chi connectivity index (χ0) is 19.2. The number of carbonyl (C=O) groups is 1. The summed E-state index contributed by atoms with van der Waals surface area (Å²) in [6, 6.07) is 5.31. The molecule has 0 fully saturated rings. The van der Waals surface area contributed by atoms with Gasteiger partial charge >= 0.3 is 0 Å². The van der Waals surface area contributed by atoms with Gasteiger partial charge in [-0.05, 0) is 30.7 Å². The fourth-order valence-corrected chi connectivity index (χ4v) is 3.64. The third kappa shape index (κ3) is 3.40. The number of carbonyl (C=O) groups excluding carboxylic acids is 1. The summed E-state index contributed by atoms with van der Waals surface area (Å²) >= 11 is 0. The van der Waals surface area contributed by atoms with Gasteiger partial charge in [-0.15, -0.1) is 0 Å². The van der Waals surface area contributed by atoms with E-state index in [1.807, 2.05) is 45.2 Å². The van der Waals surface area contributed by atoms with Gasteiger partial charge in [0.05, 0.1) is 11.0 Å². The Morgan fingerprint density at radius 3 is 2.69 bits per heavy atom. The van der Waals surface area contributed by atoms with Crippen LogP contribution in [-0.4, -0.2) is 22.8 Å². The molecule has 0 aliphatic carbocycles. The summed E-state index contributed by atoms with van der Waals surface area (Å²) in [7, 11) is 0. The zero-order valence-corrected chi connectivity index (χ0v) is 16.1. The zero-order valence-electron chi connectivity index (χ0n) is 16.1. The number of hydrogen-bond acceptors (Lipinski definition) is 4. The molecule has 0 saturated carbocycles. The third-order valence-electron chi connectivity index (χ3n) is 5.11. The number of carboxylic acid groups (broad SMARTS) is 1. The normalized spacial score (nSPS) is 18.0. The Labute approximate surface area is 154 Å². The van der Waals surface area contributed by atoms with Crippen LogP contribution in [0.3, 0.4) is 0 Å². The van der Waals surface area contributed by atoms with Crippen molar-refractivity contribution in [3.05, 3.63) is 35.7 Å². The van der Waals surface area contributed by atoms with Gasteiger partial charge in [0.15, 0.2) is 17.9 Å². The molecule has 5 heteroatoms. The molecule has 1 aliphatic heterocycles. The van der Waals surface area contributed by atoms with Gasteiger partial charge in [0.2, 0.25) is 0 Å². The highest BCUT2D eigenvalue weighted by Crippen LogP contribution is 2.38. The first-order valence-corrected chi connectivity index (χ1v) is 9.15. The quantitative estimate of drug-likeness (QED) is 0.829. The molecule has 140 valence electrons. The lowest BCUT2D eigenvalue weighted by atomic mass is 9.96. The lowest BCUT2D eigenvalue weighted by molar-refractivity contribution is -0.721. The van der Waals surface area contributed by atoms with Gasteiger partial charge in [0.1, 0.15) is 17.8 Å². The van der Waals surface area contributed by atoms with Crippen molar-refractivity contribution in [1.29, 1.82) is 0 Å². The molecule has 1 aromatic heterocycles. The number of rotatable bonds is 5. The predicted molar refractivity (Wildman–Crippen MR) is 96.8 cm³/mol. The minimum Gasteiger partial charge on any atom is -0.543 e. The smallest absolute Gasteiger partial charge is 0.198 e. The lowest BCUT2D eigenvalue weighted by Gasteiger charge is -2.24. The summed E-state index contributed by atoms with van der Waals surface area (Å²) in [5.41, 5.74) is 0.954. The van der Waals surface area contributed by atoms with Crippen LogP contribution in [0, 0.1) is 12.8 Å². The van der Waals surface area contributed by atoms with Crippen LogP contribution in [0.5, 0.6) is 5.75 Å². The Hall–Kier alpha value is -2.14. The Kier molecular flexibility index (Phi) is 4.69. The third-order valence-corrected chi connectivity index (χ3v) is 5.11. The molecule has 3 rings (SSSR count). The molecule has 2 unspecified atom stereocenters. The largest absolute Gasteiger partial charge is 0.543 e. The summed E-state index contributed by atoms with van der Waals surface area (Å²) < 4.78 is 7.85. The van der Waals surface area contributed by atoms with E-state index in [9.17, 15) is 15.0 Å². The van der Waals surface area contributed by atoms with E-state index in [4.69, 9.17) is 4.74 Å². The van der Waals surface area contributed by atoms with E-state index in [1.54, 1.807) is 18.4 Å². The standard InChI is InChI=1S/C21H27NO4/c1-12(2)8-17(20(23)24)22-11-16-14(9-13(22)3)6-7-15-10-18(21(4,5)25)26-19(15)16/h6-7,9,11-12,17-18,25H,8,10H2,1-5H3. The Bertz CT molecular complexity index is 851.